The number of aromatic amines is 1. The number of nitrogens with one attached hydrogen (secondary N) is 1. The van der Waals surface area contributed by atoms with E-state index in [1.54, 1.807) is 0 Å². The minimum Gasteiger partial charge on any atom is -0.387 e. The second kappa shape index (κ2) is 12.4. The van der Waals surface area contributed by atoms with Gasteiger partial charge in [0.05, 0.1) is 25.9 Å². The Morgan fingerprint density at radius 1 is 0.816 bits per heavy atom. The number of hydrogen-bond donors (Lipinski definition) is 5. The second-order valence-electron chi connectivity index (χ2n) is 11.8. The lowest BCUT2D eigenvalue weighted by atomic mass is 10.1. The first-order valence-electron chi connectivity index (χ1n) is 14.7. The number of aromatic nitrogens is 8. The van der Waals surface area contributed by atoms with Crippen molar-refractivity contribution in [1.82, 2.24) is 48.4 Å². The van der Waals surface area contributed by atoms with Gasteiger partial charge in [-0.2, -0.15) is 4.98 Å². The quantitative estimate of drug-likeness (QED) is 0.154. The van der Waals surface area contributed by atoms with E-state index < -0.39 is 83.3 Å². The van der Waals surface area contributed by atoms with Gasteiger partial charge in [0.2, 0.25) is 5.95 Å². The van der Waals surface area contributed by atoms with Crippen molar-refractivity contribution in [2.45, 2.75) is 49.1 Å². The lowest BCUT2D eigenvalue weighted by molar-refractivity contribution is -0.0637. The van der Waals surface area contributed by atoms with Gasteiger partial charge in [0.1, 0.15) is 48.5 Å². The van der Waals surface area contributed by atoms with E-state index in [9.17, 15) is 24.1 Å². The topological polar surface area (TPSA) is 296 Å². The van der Waals surface area contributed by atoms with Crippen LogP contribution in [0.2, 0.25) is 0 Å². The lowest BCUT2D eigenvalue weighted by Gasteiger charge is -2.32. The van der Waals surface area contributed by atoms with Crippen LogP contribution in [0.5, 0.6) is 0 Å². The lowest BCUT2D eigenvalue weighted by Crippen LogP contribution is -2.38. The van der Waals surface area contributed by atoms with Crippen LogP contribution in [0.1, 0.15) is 12.5 Å². The molecule has 4 aromatic rings. The van der Waals surface area contributed by atoms with Crippen molar-refractivity contribution < 1.29 is 46.9 Å². The van der Waals surface area contributed by atoms with Crippen LogP contribution < -0.4 is 17.0 Å². The molecule has 3 aliphatic rings. The van der Waals surface area contributed by atoms with Crippen molar-refractivity contribution >= 4 is 49.6 Å². The minimum atomic E-state index is -4.35. The summed E-state index contributed by atoms with van der Waals surface area (Å²) < 4.78 is 69.8. The molecule has 49 heavy (non-hydrogen) atoms. The molecule has 2 bridgehead atoms. The largest absolute Gasteiger partial charge is 0.408 e. The van der Waals surface area contributed by atoms with E-state index in [0.29, 0.717) is 0 Å². The Balaban J connectivity index is 1.27. The SMILES string of the molecule is CN(C)P1(=O)OC[C@H]2O[C@@H](n3cnc4c(N)ncnc43)C(O)C2OP(=O)(N(C)C)OC[C@H]2O[C@@H](n3cnc4c(=O)[nH]c(N)nc43)C(O1)C2O. The Labute approximate surface area is 276 Å². The van der Waals surface area contributed by atoms with Gasteiger partial charge in [0.15, 0.2) is 35.1 Å². The number of nitrogen functional groups attached to an aromatic ring is 2. The fraction of sp³-hybridized carbons (Fsp3) is 0.583. The molecule has 4 aromatic heterocycles. The highest BCUT2D eigenvalue weighted by Gasteiger charge is 2.55. The molecule has 0 saturated carbocycles. The summed E-state index contributed by atoms with van der Waals surface area (Å²) in [4.78, 5) is 35.4. The summed E-state index contributed by atoms with van der Waals surface area (Å²) in [6.07, 6.45) is -7.18. The molecule has 6 unspecified atom stereocenters. The van der Waals surface area contributed by atoms with Gasteiger partial charge < -0.3 is 31.2 Å². The van der Waals surface area contributed by atoms with Crippen molar-refractivity contribution in [2.75, 3.05) is 52.9 Å². The molecule has 7 heterocycles. The third-order valence-electron chi connectivity index (χ3n) is 8.30. The van der Waals surface area contributed by atoms with E-state index in [4.69, 9.17) is 39.0 Å². The van der Waals surface area contributed by atoms with E-state index in [-0.39, 0.29) is 34.1 Å². The van der Waals surface area contributed by atoms with Crippen molar-refractivity contribution in [3.05, 3.63) is 29.3 Å². The molecule has 3 saturated heterocycles. The molecule has 0 aromatic carbocycles. The van der Waals surface area contributed by atoms with Crippen molar-refractivity contribution in [3.63, 3.8) is 0 Å². The zero-order valence-electron chi connectivity index (χ0n) is 26.4. The second-order valence-corrected chi connectivity index (χ2v) is 16.2. The number of H-pyrrole nitrogens is 1. The number of fused-ring (bicyclic) bond motifs is 5. The van der Waals surface area contributed by atoms with Crippen LogP contribution in [0.3, 0.4) is 0 Å². The third-order valence-corrected chi connectivity index (χ3v) is 12.2. The Morgan fingerprint density at radius 3 is 2.08 bits per heavy atom. The average molecular weight is 729 g/mol. The first-order valence-corrected chi connectivity index (χ1v) is 17.7. The van der Waals surface area contributed by atoms with Crippen molar-refractivity contribution in [3.8, 4) is 0 Å². The number of nitrogens with zero attached hydrogens (tertiary/aromatic N) is 9. The number of nitrogens with two attached hydrogens (primary N) is 2. The molecule has 0 radical (unpaired) electrons. The third kappa shape index (κ3) is 5.74. The number of aliphatic hydroxyl groups is 2. The molecule has 25 heteroatoms. The number of ether oxygens (including phenoxy) is 2. The zero-order chi connectivity index (χ0) is 35.0. The smallest absolute Gasteiger partial charge is 0.387 e. The summed E-state index contributed by atoms with van der Waals surface area (Å²) in [5.41, 5.74) is 11.5. The van der Waals surface area contributed by atoms with Gasteiger partial charge in [-0.1, -0.05) is 0 Å². The van der Waals surface area contributed by atoms with Crippen LogP contribution in [0.15, 0.2) is 23.8 Å². The highest BCUT2D eigenvalue weighted by atomic mass is 31.2. The molecule has 0 aliphatic carbocycles. The molecule has 23 nitrogen and oxygen atoms in total. The molecule has 10 atom stereocenters. The van der Waals surface area contributed by atoms with E-state index in [0.717, 1.165) is 0 Å². The molecule has 3 fully saturated rings. The van der Waals surface area contributed by atoms with Crippen LogP contribution in [-0.4, -0.2) is 137 Å². The van der Waals surface area contributed by atoms with Gasteiger partial charge in [-0.05, 0) is 28.2 Å². The Bertz CT molecular complexity index is 2040. The zero-order valence-corrected chi connectivity index (χ0v) is 28.2. The summed E-state index contributed by atoms with van der Waals surface area (Å²) >= 11 is 0. The molecule has 7 rings (SSSR count). The average Bonchev–Trinajstić information content (AvgIpc) is 3.80. The van der Waals surface area contributed by atoms with Gasteiger partial charge >= 0.3 is 15.5 Å². The number of anilines is 2. The summed E-state index contributed by atoms with van der Waals surface area (Å²) in [7, 11) is -2.93. The standard InChI is InChI=1S/C24H34N12O11P2/c1-33(2)48(40)42-5-10-14(37)17(23(44-10)36-9-30-13-20(36)31-24(26)32-21(13)39)47-49(41,34(3)4)43-6-11-16(46-48)15(38)22(45-11)35-8-29-12-18(25)27-7-28-19(12)35/h7-11,14-17,22-23,37-38H,5-6H2,1-4H3,(H2,25,27,28)(H3,26,31,32,39)/t10-,11-,14?,15?,16?,17?,22-,23-,48?,49?/m1/s1. The first-order chi connectivity index (χ1) is 23.2. The highest BCUT2D eigenvalue weighted by molar-refractivity contribution is 7.51. The number of aliphatic hydroxyl groups excluding tert-OH is 2. The van der Waals surface area contributed by atoms with Crippen LogP contribution in [0.4, 0.5) is 11.8 Å². The van der Waals surface area contributed by atoms with Crippen molar-refractivity contribution in [1.29, 1.82) is 0 Å². The fourth-order valence-corrected chi connectivity index (χ4v) is 8.45. The van der Waals surface area contributed by atoms with E-state index >= 15 is 0 Å². The first kappa shape index (κ1) is 34.0. The molecular weight excluding hydrogens is 694 g/mol. The highest BCUT2D eigenvalue weighted by Crippen LogP contribution is 2.58. The van der Waals surface area contributed by atoms with E-state index in [2.05, 4.69) is 29.9 Å². The van der Waals surface area contributed by atoms with Crippen LogP contribution in [-0.2, 0) is 36.7 Å². The monoisotopic (exact) mass is 728 g/mol. The van der Waals surface area contributed by atoms with Gasteiger partial charge in [-0.3, -0.25) is 37.0 Å². The normalized spacial score (nSPS) is 35.8. The van der Waals surface area contributed by atoms with Crippen LogP contribution in [0.25, 0.3) is 22.3 Å². The Morgan fingerprint density at radius 2 is 1.41 bits per heavy atom. The van der Waals surface area contributed by atoms with Gasteiger partial charge in [-0.15, -0.1) is 0 Å². The predicted octanol–water partition coefficient (Wildman–Crippen LogP) is -1.20. The van der Waals surface area contributed by atoms with Gasteiger partial charge in [0.25, 0.3) is 5.56 Å². The molecule has 7 N–H and O–H groups in total. The molecule has 0 amide bonds. The number of rotatable bonds is 4. The van der Waals surface area contributed by atoms with Gasteiger partial charge in [0, 0.05) is 0 Å². The number of imidazole rings is 2. The molecule has 266 valence electrons. The number of hydrogen-bond acceptors (Lipinski definition) is 18. The summed E-state index contributed by atoms with van der Waals surface area (Å²) in [5.74, 6) is -0.116. The minimum absolute atomic E-state index is 0.0149. The maximum absolute atomic E-state index is 14.4. The Hall–Kier alpha value is -3.44. The maximum Gasteiger partial charge on any atom is 0.408 e. The van der Waals surface area contributed by atoms with Crippen LogP contribution in [0, 0.1) is 0 Å². The maximum atomic E-state index is 14.4. The Kier molecular flexibility index (Phi) is 8.61. The van der Waals surface area contributed by atoms with E-state index in [1.807, 2.05) is 0 Å². The molecule has 0 spiro atoms. The molecular formula is C24H34N12O11P2. The summed E-state index contributed by atoms with van der Waals surface area (Å²) in [6, 6.07) is 0. The predicted molar refractivity (Wildman–Crippen MR) is 166 cm³/mol. The van der Waals surface area contributed by atoms with E-state index in [1.165, 1.54) is 65.6 Å². The molecule has 3 aliphatic heterocycles. The van der Waals surface area contributed by atoms with Crippen LogP contribution >= 0.6 is 15.5 Å². The van der Waals surface area contributed by atoms with Gasteiger partial charge in [-0.25, -0.2) is 38.4 Å². The van der Waals surface area contributed by atoms with Crippen molar-refractivity contribution in [2.24, 2.45) is 0 Å². The summed E-state index contributed by atoms with van der Waals surface area (Å²) in [6.45, 7) is -1.08. The summed E-state index contributed by atoms with van der Waals surface area (Å²) in [5, 5.41) is 23.0. The fourth-order valence-electron chi connectivity index (χ4n) is 5.72.